The van der Waals surface area contributed by atoms with Crippen molar-refractivity contribution in [2.45, 2.75) is 39.8 Å². The molecule has 0 spiro atoms. The number of halogens is 1. The summed E-state index contributed by atoms with van der Waals surface area (Å²) < 4.78 is 20.3. The zero-order valence-electron chi connectivity index (χ0n) is 14.0. The molecule has 0 atom stereocenters. The summed E-state index contributed by atoms with van der Waals surface area (Å²) in [5.74, 6) is -2.13. The predicted octanol–water partition coefficient (Wildman–Crippen LogP) is 3.04. The molecule has 1 aromatic heterocycles. The smallest absolute Gasteiger partial charge is 0.336 e. The minimum atomic E-state index is -1.16. The number of hydrogen-bond acceptors (Lipinski definition) is 4. The van der Waals surface area contributed by atoms with E-state index in [9.17, 15) is 19.1 Å². The van der Waals surface area contributed by atoms with Crippen LogP contribution in [0.3, 0.4) is 0 Å². The summed E-state index contributed by atoms with van der Waals surface area (Å²) in [6.07, 6.45) is 2.88. The Morgan fingerprint density at radius 1 is 1.33 bits per heavy atom. The van der Waals surface area contributed by atoms with Gasteiger partial charge in [-0.15, -0.1) is 0 Å². The van der Waals surface area contributed by atoms with Gasteiger partial charge in [0.05, 0.1) is 11.8 Å². The fourth-order valence-corrected chi connectivity index (χ4v) is 2.19. The lowest BCUT2D eigenvalue weighted by Crippen LogP contribution is -2.26. The molecule has 24 heavy (non-hydrogen) atoms. The Hall–Kier alpha value is -2.70. The molecule has 1 aromatic carbocycles. The molecule has 7 heteroatoms. The molecule has 2 rings (SSSR count). The van der Waals surface area contributed by atoms with Crippen LogP contribution in [0.15, 0.2) is 24.5 Å². The number of carboxylic acids is 1. The summed E-state index contributed by atoms with van der Waals surface area (Å²) in [6.45, 7) is 6.65. The average molecular weight is 334 g/mol. The van der Waals surface area contributed by atoms with Crippen molar-refractivity contribution in [3.63, 3.8) is 0 Å². The highest BCUT2D eigenvalue weighted by Gasteiger charge is 2.19. The average Bonchev–Trinajstić information content (AvgIpc) is 2.87. The molecule has 6 nitrogen and oxygen atoms in total. The van der Waals surface area contributed by atoms with E-state index in [0.29, 0.717) is 5.56 Å². The molecule has 0 radical (unpaired) electrons. The van der Waals surface area contributed by atoms with Gasteiger partial charge in [0, 0.05) is 17.3 Å². The first-order valence-corrected chi connectivity index (χ1v) is 7.35. The Balaban J connectivity index is 2.30. The van der Waals surface area contributed by atoms with Gasteiger partial charge in [0.1, 0.15) is 18.0 Å². The summed E-state index contributed by atoms with van der Waals surface area (Å²) >= 11 is 0. The van der Waals surface area contributed by atoms with E-state index < -0.39 is 23.4 Å². The van der Waals surface area contributed by atoms with Crippen molar-refractivity contribution in [1.29, 1.82) is 0 Å². The maximum Gasteiger partial charge on any atom is 0.336 e. The van der Waals surface area contributed by atoms with Crippen LogP contribution in [-0.4, -0.2) is 32.4 Å². The molecule has 1 heterocycles. The third-order valence-corrected chi connectivity index (χ3v) is 3.18. The first-order valence-electron chi connectivity index (χ1n) is 7.35. The molecule has 0 saturated heterocycles. The maximum absolute atomic E-state index is 13.8. The number of carbonyl (C=O) groups excluding carboxylic acids is 1. The highest BCUT2D eigenvalue weighted by atomic mass is 19.1. The molecule has 0 aliphatic heterocycles. The van der Waals surface area contributed by atoms with Gasteiger partial charge in [-0.05, 0) is 45.4 Å². The van der Waals surface area contributed by atoms with Gasteiger partial charge in [0.2, 0.25) is 0 Å². The van der Waals surface area contributed by atoms with Crippen molar-refractivity contribution in [3.05, 3.63) is 41.5 Å². The Labute approximate surface area is 138 Å². The lowest BCUT2D eigenvalue weighted by molar-refractivity contribution is -0.155. The Morgan fingerprint density at radius 3 is 2.58 bits per heavy atom. The molecule has 0 saturated carbocycles. The molecule has 0 unspecified atom stereocenters. The number of benzene rings is 1. The van der Waals surface area contributed by atoms with Crippen LogP contribution in [-0.2, 0) is 16.1 Å². The zero-order chi connectivity index (χ0) is 18.1. The van der Waals surface area contributed by atoms with Crippen LogP contribution in [0.25, 0.3) is 11.1 Å². The van der Waals surface area contributed by atoms with E-state index in [1.54, 1.807) is 20.8 Å². The number of carboxylic acid groups (broad SMARTS) is 1. The van der Waals surface area contributed by atoms with E-state index in [-0.39, 0.29) is 23.2 Å². The molecule has 1 N–H and O–H groups in total. The van der Waals surface area contributed by atoms with E-state index in [0.717, 1.165) is 6.07 Å². The van der Waals surface area contributed by atoms with Crippen molar-refractivity contribution >= 4 is 11.9 Å². The zero-order valence-corrected chi connectivity index (χ0v) is 14.0. The lowest BCUT2D eigenvalue weighted by atomic mass is 10.00. The van der Waals surface area contributed by atoms with Crippen LogP contribution < -0.4 is 0 Å². The fourth-order valence-electron chi connectivity index (χ4n) is 2.19. The monoisotopic (exact) mass is 334 g/mol. The van der Waals surface area contributed by atoms with E-state index in [1.807, 2.05) is 0 Å². The van der Waals surface area contributed by atoms with Crippen molar-refractivity contribution in [2.24, 2.45) is 0 Å². The van der Waals surface area contributed by atoms with Gasteiger partial charge in [-0.3, -0.25) is 9.48 Å². The number of ether oxygens (including phenoxy) is 1. The fraction of sp³-hybridized carbons (Fsp3) is 0.353. The maximum atomic E-state index is 13.8. The first-order chi connectivity index (χ1) is 11.1. The number of carbonyl (C=O) groups is 2. The number of hydrogen-bond donors (Lipinski definition) is 1. The van der Waals surface area contributed by atoms with Gasteiger partial charge in [-0.2, -0.15) is 5.10 Å². The van der Waals surface area contributed by atoms with Gasteiger partial charge in [-0.25, -0.2) is 9.18 Å². The summed E-state index contributed by atoms with van der Waals surface area (Å²) in [7, 11) is 0. The number of esters is 1. The standard InChI is InChI=1S/C17H19FN2O4/c1-10-5-13(16(22)23)12(6-14(10)18)11-7-19-20(8-11)9-15(21)24-17(2,3)4/h5-8H,9H2,1-4H3,(H,22,23). The molecule has 0 bridgehead atoms. The van der Waals surface area contributed by atoms with E-state index in [4.69, 9.17) is 4.74 Å². The molecule has 128 valence electrons. The Bertz CT molecular complexity index is 790. The van der Waals surface area contributed by atoms with E-state index >= 15 is 0 Å². The van der Waals surface area contributed by atoms with Crippen LogP contribution >= 0.6 is 0 Å². The molecule has 2 aromatic rings. The van der Waals surface area contributed by atoms with Gasteiger partial charge in [-0.1, -0.05) is 0 Å². The van der Waals surface area contributed by atoms with Crippen LogP contribution in [0.1, 0.15) is 36.7 Å². The normalized spacial score (nSPS) is 11.4. The largest absolute Gasteiger partial charge is 0.478 e. The summed E-state index contributed by atoms with van der Waals surface area (Å²) in [5.41, 5.74) is 0.239. The van der Waals surface area contributed by atoms with Crippen molar-refractivity contribution in [1.82, 2.24) is 9.78 Å². The number of aromatic carboxylic acids is 1. The van der Waals surface area contributed by atoms with Crippen molar-refractivity contribution in [3.8, 4) is 11.1 Å². The number of aromatic nitrogens is 2. The predicted molar refractivity (Wildman–Crippen MR) is 85.2 cm³/mol. The summed E-state index contributed by atoms with van der Waals surface area (Å²) in [4.78, 5) is 23.2. The van der Waals surface area contributed by atoms with Crippen LogP contribution in [0, 0.1) is 12.7 Å². The van der Waals surface area contributed by atoms with E-state index in [1.165, 1.54) is 30.1 Å². The SMILES string of the molecule is Cc1cc(C(=O)O)c(-c2cnn(CC(=O)OC(C)(C)C)c2)cc1F. The van der Waals surface area contributed by atoms with Crippen molar-refractivity contribution in [2.75, 3.05) is 0 Å². The van der Waals surface area contributed by atoms with Crippen LogP contribution in [0.5, 0.6) is 0 Å². The van der Waals surface area contributed by atoms with Gasteiger partial charge in [0.15, 0.2) is 0 Å². The van der Waals surface area contributed by atoms with Crippen LogP contribution in [0.4, 0.5) is 4.39 Å². The number of rotatable bonds is 4. The lowest BCUT2D eigenvalue weighted by Gasteiger charge is -2.19. The second-order valence-electron chi connectivity index (χ2n) is 6.47. The topological polar surface area (TPSA) is 81.4 Å². The Morgan fingerprint density at radius 2 is 2.00 bits per heavy atom. The first kappa shape index (κ1) is 17.7. The number of aryl methyl sites for hydroxylation is 1. The number of nitrogens with zero attached hydrogens (tertiary/aromatic N) is 2. The molecular formula is C17H19FN2O4. The van der Waals surface area contributed by atoms with Gasteiger partial charge in [0.25, 0.3) is 0 Å². The van der Waals surface area contributed by atoms with Gasteiger partial charge >= 0.3 is 11.9 Å². The van der Waals surface area contributed by atoms with Gasteiger partial charge < -0.3 is 9.84 Å². The molecule has 0 aliphatic carbocycles. The second kappa shape index (κ2) is 6.43. The summed E-state index contributed by atoms with van der Waals surface area (Å²) in [6, 6.07) is 2.44. The third-order valence-electron chi connectivity index (χ3n) is 3.18. The summed E-state index contributed by atoms with van der Waals surface area (Å²) in [5, 5.41) is 13.3. The quantitative estimate of drug-likeness (QED) is 0.869. The third kappa shape index (κ3) is 4.18. The highest BCUT2D eigenvalue weighted by Crippen LogP contribution is 2.26. The second-order valence-corrected chi connectivity index (χ2v) is 6.47. The molecule has 0 amide bonds. The molecule has 0 fully saturated rings. The minimum Gasteiger partial charge on any atom is -0.478 e. The van der Waals surface area contributed by atoms with Crippen LogP contribution in [0.2, 0.25) is 0 Å². The molecular weight excluding hydrogens is 315 g/mol. The minimum absolute atomic E-state index is 0.0225. The Kier molecular flexibility index (Phi) is 4.73. The highest BCUT2D eigenvalue weighted by molar-refractivity contribution is 5.96. The van der Waals surface area contributed by atoms with Crippen molar-refractivity contribution < 1.29 is 23.8 Å². The molecule has 0 aliphatic rings. The van der Waals surface area contributed by atoms with E-state index in [2.05, 4.69) is 5.10 Å².